The molecule has 7 heteroatoms. The SMILES string of the molecule is CC1(C(=O)NS)C=CC=c2[nH]c(NS)nc2=C1. The monoisotopic (exact) mass is 268 g/mol. The molecule has 0 aliphatic heterocycles. The summed E-state index contributed by atoms with van der Waals surface area (Å²) in [6.07, 6.45) is 7.23. The van der Waals surface area contributed by atoms with Gasteiger partial charge in [0.15, 0.2) is 0 Å². The Kier molecular flexibility index (Phi) is 3.21. The summed E-state index contributed by atoms with van der Waals surface area (Å²) in [4.78, 5) is 19.1. The Balaban J connectivity index is 2.60. The van der Waals surface area contributed by atoms with E-state index in [2.05, 4.69) is 45.0 Å². The first-order chi connectivity index (χ1) is 8.09. The second kappa shape index (κ2) is 4.50. The summed E-state index contributed by atoms with van der Waals surface area (Å²) in [6, 6.07) is 0. The van der Waals surface area contributed by atoms with Crippen molar-refractivity contribution < 1.29 is 4.79 Å². The first-order valence-corrected chi connectivity index (χ1v) is 5.81. The topological polar surface area (TPSA) is 69.8 Å². The number of anilines is 1. The highest BCUT2D eigenvalue weighted by Gasteiger charge is 2.28. The number of carbonyl (C=O) groups excluding carboxylic acids is 1. The summed E-state index contributed by atoms with van der Waals surface area (Å²) in [7, 11) is 0. The average molecular weight is 268 g/mol. The molecule has 0 saturated heterocycles. The van der Waals surface area contributed by atoms with Crippen LogP contribution in [0.4, 0.5) is 5.95 Å². The Labute approximate surface area is 109 Å². The predicted octanol–water partition coefficient (Wildman–Crippen LogP) is -0.236. The summed E-state index contributed by atoms with van der Waals surface area (Å²) in [5, 5.41) is 1.53. The summed E-state index contributed by atoms with van der Waals surface area (Å²) in [6.45, 7) is 1.79. The summed E-state index contributed by atoms with van der Waals surface area (Å²) < 4.78 is 4.97. The quantitative estimate of drug-likeness (QED) is 0.481. The lowest BCUT2D eigenvalue weighted by molar-refractivity contribution is -0.123. The van der Waals surface area contributed by atoms with Crippen LogP contribution in [0.5, 0.6) is 0 Å². The fraction of sp³-hybridized carbons (Fsp3) is 0.200. The normalized spacial score (nSPS) is 21.8. The van der Waals surface area contributed by atoms with E-state index in [0.29, 0.717) is 11.3 Å². The maximum Gasteiger partial charge on any atom is 0.243 e. The summed E-state index contributed by atoms with van der Waals surface area (Å²) in [5.74, 6) is 0.330. The molecule has 3 N–H and O–H groups in total. The minimum atomic E-state index is -0.771. The Hall–Kier alpha value is -1.34. The zero-order chi connectivity index (χ0) is 12.5. The molecule has 1 aliphatic rings. The van der Waals surface area contributed by atoms with Gasteiger partial charge in [0, 0.05) is 0 Å². The van der Waals surface area contributed by atoms with Gasteiger partial charge in [0.2, 0.25) is 11.9 Å². The lowest BCUT2D eigenvalue weighted by atomic mass is 9.89. The molecule has 1 aromatic heterocycles. The van der Waals surface area contributed by atoms with Gasteiger partial charge in [-0.2, -0.15) is 0 Å². The van der Waals surface area contributed by atoms with E-state index in [9.17, 15) is 4.79 Å². The molecular weight excluding hydrogens is 256 g/mol. The highest BCUT2D eigenvalue weighted by Crippen LogP contribution is 2.21. The molecule has 1 atom stereocenters. The largest absolute Gasteiger partial charge is 0.323 e. The third-order valence-electron chi connectivity index (χ3n) is 2.60. The third-order valence-corrected chi connectivity index (χ3v) is 3.01. The van der Waals surface area contributed by atoms with Crippen LogP contribution in [0.2, 0.25) is 0 Å². The van der Waals surface area contributed by atoms with Crippen LogP contribution < -0.4 is 20.1 Å². The number of imidazole rings is 1. The minimum absolute atomic E-state index is 0.207. The fourth-order valence-corrected chi connectivity index (χ4v) is 1.98. The molecule has 1 aromatic rings. The number of allylic oxidation sites excluding steroid dienone is 1. The smallest absolute Gasteiger partial charge is 0.243 e. The number of amides is 1. The van der Waals surface area contributed by atoms with Crippen LogP contribution in [-0.4, -0.2) is 15.9 Å². The van der Waals surface area contributed by atoms with Crippen molar-refractivity contribution >= 4 is 49.6 Å². The van der Waals surface area contributed by atoms with Crippen LogP contribution in [0.25, 0.3) is 12.2 Å². The zero-order valence-electron chi connectivity index (χ0n) is 9.06. The number of hydrogen-bond acceptors (Lipinski definition) is 5. The Morgan fingerprint density at radius 2 is 2.29 bits per heavy atom. The van der Waals surface area contributed by atoms with Crippen molar-refractivity contribution in [2.75, 3.05) is 4.72 Å². The molecule has 0 aromatic carbocycles. The summed E-state index contributed by atoms with van der Waals surface area (Å²) >= 11 is 7.71. The summed E-state index contributed by atoms with van der Waals surface area (Å²) in [5.41, 5.74) is -0.771. The van der Waals surface area contributed by atoms with Crippen molar-refractivity contribution in [2.24, 2.45) is 5.41 Å². The Morgan fingerprint density at radius 1 is 1.53 bits per heavy atom. The number of hydrogen-bond donors (Lipinski definition) is 5. The van der Waals surface area contributed by atoms with E-state index in [1.165, 1.54) is 0 Å². The highest BCUT2D eigenvalue weighted by atomic mass is 32.1. The predicted molar refractivity (Wildman–Crippen MR) is 73.8 cm³/mol. The van der Waals surface area contributed by atoms with Gasteiger partial charge in [-0.25, -0.2) is 4.98 Å². The molecule has 1 unspecified atom stereocenters. The second-order valence-corrected chi connectivity index (χ2v) is 4.34. The van der Waals surface area contributed by atoms with Gasteiger partial charge >= 0.3 is 0 Å². The van der Waals surface area contributed by atoms with Crippen LogP contribution in [0.15, 0.2) is 12.2 Å². The molecule has 0 radical (unpaired) electrons. The van der Waals surface area contributed by atoms with Crippen LogP contribution >= 0.6 is 25.6 Å². The van der Waals surface area contributed by atoms with E-state index in [-0.39, 0.29) is 5.91 Å². The van der Waals surface area contributed by atoms with Crippen molar-refractivity contribution in [1.82, 2.24) is 14.7 Å². The number of aromatic nitrogens is 2. The van der Waals surface area contributed by atoms with Gasteiger partial charge in [-0.1, -0.05) is 37.8 Å². The maximum absolute atomic E-state index is 11.8. The number of carbonyl (C=O) groups is 1. The number of fused-ring (bicyclic) bond motifs is 1. The van der Waals surface area contributed by atoms with E-state index in [0.717, 1.165) is 5.35 Å². The second-order valence-electron chi connectivity index (χ2n) is 3.89. The first-order valence-electron chi connectivity index (χ1n) is 4.92. The Morgan fingerprint density at radius 3 is 2.94 bits per heavy atom. The minimum Gasteiger partial charge on any atom is -0.323 e. The van der Waals surface area contributed by atoms with Crippen molar-refractivity contribution in [1.29, 1.82) is 0 Å². The number of H-pyrrole nitrogens is 1. The van der Waals surface area contributed by atoms with Gasteiger partial charge in [0.25, 0.3) is 0 Å². The first kappa shape index (κ1) is 12.1. The molecule has 1 amide bonds. The van der Waals surface area contributed by atoms with Gasteiger partial charge in [-0.3, -0.25) is 4.79 Å². The maximum atomic E-state index is 11.8. The molecule has 1 aliphatic carbocycles. The van der Waals surface area contributed by atoms with E-state index >= 15 is 0 Å². The van der Waals surface area contributed by atoms with Crippen molar-refractivity contribution in [2.45, 2.75) is 6.92 Å². The molecule has 90 valence electrons. The van der Waals surface area contributed by atoms with Crippen LogP contribution in [0.1, 0.15) is 6.92 Å². The van der Waals surface area contributed by atoms with E-state index in [1.54, 1.807) is 19.1 Å². The van der Waals surface area contributed by atoms with E-state index in [4.69, 9.17) is 0 Å². The lowest BCUT2D eigenvalue weighted by Gasteiger charge is -2.17. The molecular formula is C10H12N4OS2. The number of nitrogens with one attached hydrogen (secondary N) is 3. The molecule has 17 heavy (non-hydrogen) atoms. The molecule has 0 bridgehead atoms. The van der Waals surface area contributed by atoms with Gasteiger partial charge in [0.1, 0.15) is 0 Å². The van der Waals surface area contributed by atoms with Crippen molar-refractivity contribution in [3.8, 4) is 0 Å². The number of rotatable bonds is 2. The third kappa shape index (κ3) is 2.20. The van der Waals surface area contributed by atoms with Gasteiger partial charge < -0.3 is 14.4 Å². The van der Waals surface area contributed by atoms with E-state index < -0.39 is 5.41 Å². The lowest BCUT2D eigenvalue weighted by Crippen LogP contribution is -2.34. The fourth-order valence-electron chi connectivity index (χ4n) is 1.63. The zero-order valence-corrected chi connectivity index (χ0v) is 10.8. The number of aromatic amines is 1. The Bertz CT molecular complexity index is 592. The van der Waals surface area contributed by atoms with Gasteiger partial charge in [-0.15, -0.1) is 0 Å². The standard InChI is InChI=1S/C10H12N4OS2/c1-10(8(15)13-16)4-2-3-6-7(5-10)12-9(11-6)14-17/h2-5,16-17H,1H3,(H,13,15)(H2,11,12,14). The van der Waals surface area contributed by atoms with Crippen LogP contribution in [0.3, 0.4) is 0 Å². The molecule has 0 saturated carbocycles. The number of thiol groups is 2. The van der Waals surface area contributed by atoms with Gasteiger partial charge in [0.05, 0.1) is 16.1 Å². The molecule has 2 rings (SSSR count). The molecule has 0 spiro atoms. The highest BCUT2D eigenvalue weighted by molar-refractivity contribution is 7.81. The van der Waals surface area contributed by atoms with Crippen LogP contribution in [-0.2, 0) is 4.79 Å². The number of nitrogens with zero attached hydrogens (tertiary/aromatic N) is 1. The van der Waals surface area contributed by atoms with Crippen molar-refractivity contribution in [3.05, 3.63) is 22.9 Å². The van der Waals surface area contributed by atoms with Crippen molar-refractivity contribution in [3.63, 3.8) is 0 Å². The molecule has 1 heterocycles. The van der Waals surface area contributed by atoms with Crippen LogP contribution in [0, 0.1) is 5.41 Å². The van der Waals surface area contributed by atoms with E-state index in [1.807, 2.05) is 12.2 Å². The molecule has 5 nitrogen and oxygen atoms in total. The average Bonchev–Trinajstić information content (AvgIpc) is 2.63. The molecule has 0 fully saturated rings. The van der Waals surface area contributed by atoms with Gasteiger partial charge in [-0.05, 0) is 19.1 Å².